The number of hydrogen-bond acceptors (Lipinski definition) is 4. The van der Waals surface area contributed by atoms with Gasteiger partial charge in [0, 0.05) is 31.3 Å². The molecule has 1 amide bonds. The topological polar surface area (TPSA) is 57.7 Å². The summed E-state index contributed by atoms with van der Waals surface area (Å²) < 4.78 is 22.5. The first-order valence-corrected chi connectivity index (χ1v) is 10.2. The lowest BCUT2D eigenvalue weighted by Crippen LogP contribution is -2.48. The lowest BCUT2D eigenvalue weighted by atomic mass is 10.0. The van der Waals surface area contributed by atoms with Crippen LogP contribution in [0.3, 0.4) is 0 Å². The van der Waals surface area contributed by atoms with Gasteiger partial charge in [-0.2, -0.15) is 0 Å². The zero-order valence-corrected chi connectivity index (χ0v) is 14.1. The molecule has 2 atom stereocenters. The molecule has 0 N–H and O–H groups in total. The second-order valence-corrected chi connectivity index (χ2v) is 8.64. The van der Waals surface area contributed by atoms with E-state index in [0.29, 0.717) is 24.9 Å². The van der Waals surface area contributed by atoms with Gasteiger partial charge in [-0.3, -0.25) is 9.69 Å². The summed E-state index contributed by atoms with van der Waals surface area (Å²) >= 11 is 0. The number of carbonyl (C=O) groups is 1. The Balaban J connectivity index is 1.93. The van der Waals surface area contributed by atoms with E-state index in [1.165, 1.54) is 6.26 Å². The molecule has 0 aliphatic carbocycles. The Hall–Kier alpha value is -0.620. The molecule has 5 nitrogen and oxygen atoms in total. The molecule has 2 aliphatic rings. The highest BCUT2D eigenvalue weighted by Crippen LogP contribution is 2.30. The maximum Gasteiger partial charge on any atom is 0.222 e. The van der Waals surface area contributed by atoms with Crippen LogP contribution in [-0.2, 0) is 14.6 Å². The molecule has 0 unspecified atom stereocenters. The van der Waals surface area contributed by atoms with Crippen LogP contribution < -0.4 is 0 Å². The molecule has 2 saturated heterocycles. The van der Waals surface area contributed by atoms with E-state index in [-0.39, 0.29) is 11.7 Å². The summed E-state index contributed by atoms with van der Waals surface area (Å²) in [5.41, 5.74) is 0. The third kappa shape index (κ3) is 4.42. The Kier molecular flexibility index (Phi) is 5.66. The van der Waals surface area contributed by atoms with Crippen LogP contribution in [0.25, 0.3) is 0 Å². The monoisotopic (exact) mass is 316 g/mol. The zero-order chi connectivity index (χ0) is 15.5. The van der Waals surface area contributed by atoms with Gasteiger partial charge in [0.2, 0.25) is 5.91 Å². The van der Waals surface area contributed by atoms with E-state index in [0.717, 1.165) is 45.3 Å². The summed E-state index contributed by atoms with van der Waals surface area (Å²) in [4.78, 5) is 16.5. The van der Waals surface area contributed by atoms with Crippen LogP contribution >= 0.6 is 0 Å². The number of rotatable bonds is 6. The van der Waals surface area contributed by atoms with Crippen LogP contribution in [0, 0.1) is 0 Å². The molecule has 0 spiro atoms. The molecular weight excluding hydrogens is 288 g/mol. The first kappa shape index (κ1) is 16.7. The van der Waals surface area contributed by atoms with Crippen molar-refractivity contribution >= 4 is 15.7 Å². The van der Waals surface area contributed by atoms with Crippen molar-refractivity contribution < 1.29 is 13.2 Å². The first-order chi connectivity index (χ1) is 9.92. The molecule has 2 rings (SSSR count). The molecule has 2 fully saturated rings. The zero-order valence-electron chi connectivity index (χ0n) is 13.3. The molecule has 21 heavy (non-hydrogen) atoms. The van der Waals surface area contributed by atoms with E-state index in [4.69, 9.17) is 0 Å². The predicted molar refractivity (Wildman–Crippen MR) is 83.9 cm³/mol. The Morgan fingerprint density at radius 3 is 2.48 bits per heavy atom. The number of nitrogens with zero attached hydrogens (tertiary/aromatic N) is 2. The van der Waals surface area contributed by atoms with Crippen molar-refractivity contribution in [3.05, 3.63) is 0 Å². The maximum atomic E-state index is 12.1. The van der Waals surface area contributed by atoms with Crippen LogP contribution in [0.5, 0.6) is 0 Å². The summed E-state index contributed by atoms with van der Waals surface area (Å²) in [5.74, 6) is 0.527. The van der Waals surface area contributed by atoms with Crippen LogP contribution in [0.4, 0.5) is 0 Å². The fourth-order valence-corrected chi connectivity index (χ4v) is 4.45. The van der Waals surface area contributed by atoms with Gasteiger partial charge in [0.1, 0.15) is 9.84 Å². The van der Waals surface area contributed by atoms with Gasteiger partial charge in [-0.1, -0.05) is 6.92 Å². The van der Waals surface area contributed by atoms with Crippen LogP contribution in [0.1, 0.15) is 45.4 Å². The van der Waals surface area contributed by atoms with E-state index in [1.54, 1.807) is 0 Å². The van der Waals surface area contributed by atoms with Gasteiger partial charge < -0.3 is 4.90 Å². The van der Waals surface area contributed by atoms with Crippen molar-refractivity contribution in [3.8, 4) is 0 Å². The molecule has 0 saturated carbocycles. The minimum absolute atomic E-state index is 0.262. The molecular formula is C15H28N2O3S. The van der Waals surface area contributed by atoms with E-state index in [2.05, 4.69) is 9.80 Å². The minimum Gasteiger partial charge on any atom is -0.338 e. The lowest BCUT2D eigenvalue weighted by Gasteiger charge is -2.35. The summed E-state index contributed by atoms with van der Waals surface area (Å²) in [5, 5.41) is 0. The summed E-state index contributed by atoms with van der Waals surface area (Å²) in [6.45, 7) is 4.70. The predicted octanol–water partition coefficient (Wildman–Crippen LogP) is 1.29. The number of likely N-dealkylation sites (tertiary alicyclic amines) is 2. The van der Waals surface area contributed by atoms with E-state index < -0.39 is 9.84 Å². The van der Waals surface area contributed by atoms with E-state index in [9.17, 15) is 13.2 Å². The first-order valence-electron chi connectivity index (χ1n) is 8.13. The third-order valence-electron chi connectivity index (χ3n) is 4.74. The Morgan fingerprint density at radius 2 is 1.81 bits per heavy atom. The largest absolute Gasteiger partial charge is 0.338 e. The highest BCUT2D eigenvalue weighted by molar-refractivity contribution is 7.90. The SMILES string of the molecule is CCC(=O)N1CCC[C@@H]1[C@H]1CCCN1CCCS(C)(=O)=O. The van der Waals surface area contributed by atoms with Crippen molar-refractivity contribution in [1.82, 2.24) is 9.80 Å². The second-order valence-electron chi connectivity index (χ2n) is 6.38. The summed E-state index contributed by atoms with van der Waals surface area (Å²) in [6, 6.07) is 0.778. The Bertz CT molecular complexity index is 464. The van der Waals surface area contributed by atoms with Gasteiger partial charge in [-0.15, -0.1) is 0 Å². The number of hydrogen-bond donors (Lipinski definition) is 0. The van der Waals surface area contributed by atoms with Gasteiger partial charge in [0.15, 0.2) is 0 Å². The van der Waals surface area contributed by atoms with Crippen LogP contribution in [0.15, 0.2) is 0 Å². The second kappa shape index (κ2) is 7.09. The number of sulfone groups is 1. The standard InChI is InChI=1S/C15H28N2O3S/c1-3-15(18)17-11-5-8-14(17)13-7-4-9-16(13)10-6-12-21(2,19)20/h13-14H,3-12H2,1-2H3/t13-,14-/m1/s1. The van der Waals surface area contributed by atoms with Crippen molar-refractivity contribution in [2.24, 2.45) is 0 Å². The Labute approximate surface area is 128 Å². The van der Waals surface area contributed by atoms with Crippen molar-refractivity contribution in [3.63, 3.8) is 0 Å². The highest BCUT2D eigenvalue weighted by Gasteiger charge is 2.38. The summed E-state index contributed by atoms with van der Waals surface area (Å²) in [7, 11) is -2.87. The van der Waals surface area contributed by atoms with Gasteiger partial charge in [0.05, 0.1) is 5.75 Å². The van der Waals surface area contributed by atoms with Crippen LogP contribution in [0.2, 0.25) is 0 Å². The number of carbonyl (C=O) groups excluding carboxylic acids is 1. The average Bonchev–Trinajstić information content (AvgIpc) is 3.03. The molecule has 2 aliphatic heterocycles. The smallest absolute Gasteiger partial charge is 0.222 e. The highest BCUT2D eigenvalue weighted by atomic mass is 32.2. The molecule has 0 aromatic heterocycles. The quantitative estimate of drug-likeness (QED) is 0.741. The fraction of sp³-hybridized carbons (Fsp3) is 0.933. The van der Waals surface area contributed by atoms with Gasteiger partial charge in [-0.25, -0.2) is 8.42 Å². The molecule has 122 valence electrons. The van der Waals surface area contributed by atoms with Gasteiger partial charge in [-0.05, 0) is 45.2 Å². The minimum atomic E-state index is -2.87. The lowest BCUT2D eigenvalue weighted by molar-refractivity contribution is -0.132. The molecule has 0 aromatic rings. The molecule has 6 heteroatoms. The molecule has 2 heterocycles. The normalized spacial score (nSPS) is 27.4. The van der Waals surface area contributed by atoms with Gasteiger partial charge >= 0.3 is 0 Å². The van der Waals surface area contributed by atoms with Crippen molar-refractivity contribution in [1.29, 1.82) is 0 Å². The molecule has 0 radical (unpaired) electrons. The molecule has 0 bridgehead atoms. The van der Waals surface area contributed by atoms with Crippen molar-refractivity contribution in [2.75, 3.05) is 31.6 Å². The number of amides is 1. The van der Waals surface area contributed by atoms with Gasteiger partial charge in [0.25, 0.3) is 0 Å². The Morgan fingerprint density at radius 1 is 1.14 bits per heavy atom. The van der Waals surface area contributed by atoms with Crippen LogP contribution in [-0.4, -0.2) is 67.9 Å². The fourth-order valence-electron chi connectivity index (χ4n) is 3.80. The van der Waals surface area contributed by atoms with Crippen molar-refractivity contribution in [2.45, 2.75) is 57.5 Å². The van der Waals surface area contributed by atoms with E-state index >= 15 is 0 Å². The maximum absolute atomic E-state index is 12.1. The summed E-state index contributed by atoms with van der Waals surface area (Å²) in [6.07, 6.45) is 7.07. The average molecular weight is 316 g/mol. The third-order valence-corrected chi connectivity index (χ3v) is 5.77. The van der Waals surface area contributed by atoms with E-state index in [1.807, 2.05) is 6.92 Å². The molecule has 0 aromatic carbocycles.